The summed E-state index contributed by atoms with van der Waals surface area (Å²) in [7, 11) is 1.31. The van der Waals surface area contributed by atoms with E-state index in [0.29, 0.717) is 37.7 Å². The van der Waals surface area contributed by atoms with E-state index in [9.17, 15) is 14.4 Å². The second-order valence-corrected chi connectivity index (χ2v) is 8.22. The minimum Gasteiger partial charge on any atom is -0.453 e. The second-order valence-electron chi connectivity index (χ2n) is 8.22. The Morgan fingerprint density at radius 2 is 1.58 bits per heavy atom. The minimum atomic E-state index is -0.498. The van der Waals surface area contributed by atoms with Crippen LogP contribution < -0.4 is 10.6 Å². The molecule has 0 radical (unpaired) electrons. The van der Waals surface area contributed by atoms with Crippen molar-refractivity contribution in [3.63, 3.8) is 0 Å². The number of benzene rings is 2. The van der Waals surface area contributed by atoms with Crippen molar-refractivity contribution < 1.29 is 23.9 Å². The van der Waals surface area contributed by atoms with Gasteiger partial charge in [0.1, 0.15) is 6.61 Å². The van der Waals surface area contributed by atoms with Crippen LogP contribution in [0.4, 0.5) is 9.59 Å². The van der Waals surface area contributed by atoms with E-state index in [1.54, 1.807) is 29.2 Å². The van der Waals surface area contributed by atoms with Crippen LogP contribution in [0.15, 0.2) is 48.5 Å². The van der Waals surface area contributed by atoms with Crippen molar-refractivity contribution in [3.8, 4) is 0 Å². The molecule has 8 heteroatoms. The lowest BCUT2D eigenvalue weighted by atomic mass is 9.97. The van der Waals surface area contributed by atoms with E-state index in [0.717, 1.165) is 24.0 Å². The number of rotatable bonds is 7. The summed E-state index contributed by atoms with van der Waals surface area (Å²) < 4.78 is 9.97. The first-order valence-electron chi connectivity index (χ1n) is 11.1. The van der Waals surface area contributed by atoms with Gasteiger partial charge in [0.25, 0.3) is 5.91 Å². The van der Waals surface area contributed by atoms with Crippen molar-refractivity contribution in [2.75, 3.05) is 26.7 Å². The Bertz CT molecular complexity index is 936. The predicted molar refractivity (Wildman–Crippen MR) is 124 cm³/mol. The molecule has 1 fully saturated rings. The largest absolute Gasteiger partial charge is 0.453 e. The topological polar surface area (TPSA) is 97.0 Å². The molecule has 1 heterocycles. The number of nitrogens with zero attached hydrogens (tertiary/aromatic N) is 1. The molecule has 0 aromatic heterocycles. The SMILES string of the molecule is COC(=O)NCc1ccc(C(=O)NCC2CCN(C(=O)OCc3ccc(C)cc3)CC2)cc1. The molecule has 0 aliphatic carbocycles. The van der Waals surface area contributed by atoms with Gasteiger partial charge in [0, 0.05) is 31.7 Å². The van der Waals surface area contributed by atoms with Gasteiger partial charge in [-0.25, -0.2) is 9.59 Å². The van der Waals surface area contributed by atoms with Crippen LogP contribution in [0.3, 0.4) is 0 Å². The van der Waals surface area contributed by atoms with Crippen LogP contribution in [-0.2, 0) is 22.6 Å². The van der Waals surface area contributed by atoms with E-state index >= 15 is 0 Å². The maximum Gasteiger partial charge on any atom is 0.410 e. The number of carbonyl (C=O) groups excluding carboxylic acids is 3. The van der Waals surface area contributed by atoms with E-state index in [1.807, 2.05) is 31.2 Å². The van der Waals surface area contributed by atoms with Crippen LogP contribution in [0.5, 0.6) is 0 Å². The molecule has 3 rings (SSSR count). The molecule has 2 N–H and O–H groups in total. The number of hydrogen-bond acceptors (Lipinski definition) is 5. The number of aryl methyl sites for hydroxylation is 1. The number of piperidine rings is 1. The molecule has 0 unspecified atom stereocenters. The zero-order valence-electron chi connectivity index (χ0n) is 19.1. The molecule has 2 aromatic rings. The van der Waals surface area contributed by atoms with Gasteiger partial charge >= 0.3 is 12.2 Å². The highest BCUT2D eigenvalue weighted by atomic mass is 16.6. The number of ether oxygens (including phenoxy) is 2. The van der Waals surface area contributed by atoms with Gasteiger partial charge in [-0.1, -0.05) is 42.0 Å². The molecule has 0 atom stereocenters. The average molecular weight is 454 g/mol. The molecule has 8 nitrogen and oxygen atoms in total. The van der Waals surface area contributed by atoms with Gasteiger partial charge in [-0.05, 0) is 48.9 Å². The lowest BCUT2D eigenvalue weighted by Gasteiger charge is -2.31. The summed E-state index contributed by atoms with van der Waals surface area (Å²) >= 11 is 0. The van der Waals surface area contributed by atoms with Gasteiger partial charge in [0.15, 0.2) is 0 Å². The van der Waals surface area contributed by atoms with Crippen molar-refractivity contribution in [2.45, 2.75) is 32.9 Å². The first kappa shape index (κ1) is 24.1. The van der Waals surface area contributed by atoms with Gasteiger partial charge < -0.3 is 25.0 Å². The average Bonchev–Trinajstić information content (AvgIpc) is 2.85. The molecule has 0 bridgehead atoms. The minimum absolute atomic E-state index is 0.137. The standard InChI is InChI=1S/C25H31N3O5/c1-18-3-5-21(6-4-18)17-33-25(31)28-13-11-20(12-14-28)15-26-23(29)22-9-7-19(8-10-22)16-27-24(30)32-2/h3-10,20H,11-17H2,1-2H3,(H,26,29)(H,27,30). The van der Waals surface area contributed by atoms with Crippen molar-refractivity contribution >= 4 is 18.1 Å². The van der Waals surface area contributed by atoms with E-state index < -0.39 is 6.09 Å². The van der Waals surface area contributed by atoms with Gasteiger partial charge in [-0.3, -0.25) is 4.79 Å². The summed E-state index contributed by atoms with van der Waals surface area (Å²) in [5.41, 5.74) is 3.58. The molecule has 2 aromatic carbocycles. The number of nitrogens with one attached hydrogen (secondary N) is 2. The smallest absolute Gasteiger partial charge is 0.410 e. The fraction of sp³-hybridized carbons (Fsp3) is 0.400. The first-order chi connectivity index (χ1) is 15.9. The molecular weight excluding hydrogens is 422 g/mol. The van der Waals surface area contributed by atoms with Crippen molar-refractivity contribution in [1.29, 1.82) is 0 Å². The third kappa shape index (κ3) is 7.52. The summed E-state index contributed by atoms with van der Waals surface area (Å²) in [4.78, 5) is 37.6. The van der Waals surface area contributed by atoms with Crippen molar-refractivity contribution in [1.82, 2.24) is 15.5 Å². The first-order valence-corrected chi connectivity index (χ1v) is 11.1. The Morgan fingerprint density at radius 3 is 2.21 bits per heavy atom. The molecule has 1 aliphatic heterocycles. The predicted octanol–water partition coefficient (Wildman–Crippen LogP) is 3.63. The number of methoxy groups -OCH3 is 1. The summed E-state index contributed by atoms with van der Waals surface area (Å²) in [6, 6.07) is 15.0. The van der Waals surface area contributed by atoms with E-state index in [-0.39, 0.29) is 18.6 Å². The molecular formula is C25H31N3O5. The van der Waals surface area contributed by atoms with Crippen molar-refractivity contribution in [2.24, 2.45) is 5.92 Å². The Balaban J connectivity index is 1.35. The van der Waals surface area contributed by atoms with E-state index in [4.69, 9.17) is 4.74 Å². The monoisotopic (exact) mass is 453 g/mol. The van der Waals surface area contributed by atoms with E-state index in [2.05, 4.69) is 15.4 Å². The number of amides is 3. The van der Waals surface area contributed by atoms with Crippen LogP contribution >= 0.6 is 0 Å². The van der Waals surface area contributed by atoms with Gasteiger partial charge in [-0.15, -0.1) is 0 Å². The Labute approximate surface area is 194 Å². The molecule has 1 saturated heterocycles. The molecule has 0 spiro atoms. The van der Waals surface area contributed by atoms with Gasteiger partial charge in [0.05, 0.1) is 7.11 Å². The van der Waals surface area contributed by atoms with Gasteiger partial charge in [0.2, 0.25) is 0 Å². The maximum atomic E-state index is 12.4. The van der Waals surface area contributed by atoms with Crippen LogP contribution in [-0.4, -0.2) is 49.7 Å². The fourth-order valence-corrected chi connectivity index (χ4v) is 3.60. The zero-order valence-corrected chi connectivity index (χ0v) is 19.1. The van der Waals surface area contributed by atoms with Gasteiger partial charge in [-0.2, -0.15) is 0 Å². The molecule has 3 amide bonds. The molecule has 1 aliphatic rings. The second kappa shape index (κ2) is 11.9. The summed E-state index contributed by atoms with van der Waals surface area (Å²) in [5.74, 6) is 0.182. The highest BCUT2D eigenvalue weighted by molar-refractivity contribution is 5.94. The highest BCUT2D eigenvalue weighted by Crippen LogP contribution is 2.18. The molecule has 176 valence electrons. The van der Waals surface area contributed by atoms with E-state index in [1.165, 1.54) is 12.7 Å². The summed E-state index contributed by atoms with van der Waals surface area (Å²) in [6.07, 6.45) is 0.845. The van der Waals surface area contributed by atoms with Crippen molar-refractivity contribution in [3.05, 3.63) is 70.8 Å². The fourth-order valence-electron chi connectivity index (χ4n) is 3.60. The zero-order chi connectivity index (χ0) is 23.6. The molecule has 33 heavy (non-hydrogen) atoms. The Morgan fingerprint density at radius 1 is 0.939 bits per heavy atom. The quantitative estimate of drug-likeness (QED) is 0.667. The summed E-state index contributed by atoms with van der Waals surface area (Å²) in [6.45, 7) is 4.43. The normalized spacial score (nSPS) is 13.8. The number of carbonyl (C=O) groups is 3. The summed E-state index contributed by atoms with van der Waals surface area (Å²) in [5, 5.41) is 5.58. The van der Waals surface area contributed by atoms with Crippen LogP contribution in [0.2, 0.25) is 0 Å². The highest BCUT2D eigenvalue weighted by Gasteiger charge is 2.24. The maximum absolute atomic E-state index is 12.4. The lowest BCUT2D eigenvalue weighted by Crippen LogP contribution is -2.41. The number of hydrogen-bond donors (Lipinski definition) is 2. The van der Waals surface area contributed by atoms with Crippen LogP contribution in [0.25, 0.3) is 0 Å². The third-order valence-electron chi connectivity index (χ3n) is 5.75. The van der Waals surface area contributed by atoms with Crippen LogP contribution in [0, 0.1) is 12.8 Å². The lowest BCUT2D eigenvalue weighted by molar-refractivity contribution is 0.0800. The van der Waals surface area contributed by atoms with Crippen LogP contribution in [0.1, 0.15) is 39.9 Å². The Hall–Kier alpha value is -3.55. The third-order valence-corrected chi connectivity index (χ3v) is 5.75. The number of alkyl carbamates (subject to hydrolysis) is 1. The molecule has 0 saturated carbocycles. The number of likely N-dealkylation sites (tertiary alicyclic amines) is 1. The Kier molecular flexibility index (Phi) is 8.69.